The van der Waals surface area contributed by atoms with Crippen LogP contribution in [0.25, 0.3) is 0 Å². The van der Waals surface area contributed by atoms with Crippen LogP contribution in [-0.2, 0) is 16.2 Å². The van der Waals surface area contributed by atoms with Crippen molar-refractivity contribution in [2.75, 3.05) is 0 Å². The molecule has 0 atom stereocenters. The van der Waals surface area contributed by atoms with Crippen molar-refractivity contribution in [1.82, 2.24) is 15.0 Å². The Kier molecular flexibility index (Phi) is 8.00. The van der Waals surface area contributed by atoms with Gasteiger partial charge in [0.1, 0.15) is 0 Å². The van der Waals surface area contributed by atoms with Gasteiger partial charge in [-0.05, 0) is 34.4 Å². The van der Waals surface area contributed by atoms with E-state index in [1.54, 1.807) is 36.4 Å². The lowest BCUT2D eigenvalue weighted by Gasteiger charge is -2.22. The minimum atomic E-state index is -0.351. The van der Waals surface area contributed by atoms with Crippen LogP contribution in [0.2, 0.25) is 0 Å². The van der Waals surface area contributed by atoms with E-state index >= 15 is 0 Å². The Hall–Kier alpha value is -4.53. The molecule has 9 heteroatoms. The molecule has 42 heavy (non-hydrogen) atoms. The van der Waals surface area contributed by atoms with E-state index < -0.39 is 0 Å². The number of hydrogen-bond acceptors (Lipinski definition) is 9. The maximum Gasteiger partial charge on any atom is 0.331 e. The first kappa shape index (κ1) is 30.4. The Morgan fingerprint density at radius 3 is 0.881 bits per heavy atom. The summed E-state index contributed by atoms with van der Waals surface area (Å²) in [4.78, 5) is 12.8. The zero-order valence-electron chi connectivity index (χ0n) is 25.6. The quantitative estimate of drug-likeness (QED) is 0.209. The fourth-order valence-electron chi connectivity index (χ4n) is 4.38. The fraction of sp³-hybridized carbons (Fsp3) is 0.364. The maximum absolute atomic E-state index is 11.0. The average molecular weight is 574 g/mol. The van der Waals surface area contributed by atoms with E-state index in [1.165, 1.54) is 0 Å². The molecule has 0 unspecified atom stereocenters. The van der Waals surface area contributed by atoms with Crippen LogP contribution in [0, 0.1) is 0 Å². The molecule has 4 rings (SSSR count). The van der Waals surface area contributed by atoms with Crippen LogP contribution in [-0.4, -0.2) is 30.3 Å². The predicted molar refractivity (Wildman–Crippen MR) is 160 cm³/mol. The zero-order chi connectivity index (χ0) is 31.0. The van der Waals surface area contributed by atoms with E-state index in [0.717, 1.165) is 0 Å². The lowest BCUT2D eigenvalue weighted by Crippen LogP contribution is -2.12. The third-order valence-electron chi connectivity index (χ3n) is 6.60. The third kappa shape index (κ3) is 6.67. The Morgan fingerprint density at radius 2 is 0.667 bits per heavy atom. The summed E-state index contributed by atoms with van der Waals surface area (Å²) in [7, 11) is 0. The van der Waals surface area contributed by atoms with Gasteiger partial charge in [-0.15, -0.1) is 15.0 Å². The molecule has 0 amide bonds. The van der Waals surface area contributed by atoms with Crippen molar-refractivity contribution in [3.05, 3.63) is 71.3 Å². The SMILES string of the molecule is CC(C)(C)c1cccc(Oc2nc(Oc3cccc(C(C)(C)C)c3O)nc(Oc3cccc(C(C)(C)C)c3O)n2)c1O. The van der Waals surface area contributed by atoms with Crippen LogP contribution in [0.4, 0.5) is 0 Å². The fourth-order valence-corrected chi connectivity index (χ4v) is 4.38. The molecule has 0 bridgehead atoms. The van der Waals surface area contributed by atoms with Crippen molar-refractivity contribution in [3.8, 4) is 52.5 Å². The molecule has 1 heterocycles. The van der Waals surface area contributed by atoms with Gasteiger partial charge in [0.2, 0.25) is 0 Å². The average Bonchev–Trinajstić information content (AvgIpc) is 2.85. The normalized spacial score (nSPS) is 12.2. The number of aromatic nitrogens is 3. The van der Waals surface area contributed by atoms with E-state index in [9.17, 15) is 15.3 Å². The number of aromatic hydroxyl groups is 3. The van der Waals surface area contributed by atoms with Crippen molar-refractivity contribution in [1.29, 1.82) is 0 Å². The summed E-state index contributed by atoms with van der Waals surface area (Å²) in [6, 6.07) is 14.8. The topological polar surface area (TPSA) is 127 Å². The van der Waals surface area contributed by atoms with Gasteiger partial charge < -0.3 is 29.5 Å². The molecule has 0 saturated carbocycles. The molecule has 0 spiro atoms. The first-order valence-corrected chi connectivity index (χ1v) is 13.7. The first-order valence-electron chi connectivity index (χ1n) is 13.7. The molecule has 9 nitrogen and oxygen atoms in total. The first-order chi connectivity index (χ1) is 19.4. The summed E-state index contributed by atoms with van der Waals surface area (Å²) >= 11 is 0. The van der Waals surface area contributed by atoms with Gasteiger partial charge in [0, 0.05) is 16.7 Å². The van der Waals surface area contributed by atoms with Crippen LogP contribution < -0.4 is 14.2 Å². The van der Waals surface area contributed by atoms with Crippen molar-refractivity contribution in [3.63, 3.8) is 0 Å². The van der Waals surface area contributed by atoms with Crippen molar-refractivity contribution in [2.24, 2.45) is 0 Å². The Balaban J connectivity index is 1.79. The highest BCUT2D eigenvalue weighted by atomic mass is 16.5. The monoisotopic (exact) mass is 573 g/mol. The Bertz CT molecular complexity index is 1400. The standard InChI is InChI=1S/C33H39N3O6/c1-31(2,3)19-13-10-16-22(25(19)37)40-28-34-29(41-23-17-11-14-20(26(23)38)32(4,5)6)36-30(35-28)42-24-18-12-15-21(27(24)39)33(7,8)9/h10-18,37-39H,1-9H3. The van der Waals surface area contributed by atoms with Crippen molar-refractivity contribution in [2.45, 2.75) is 78.6 Å². The van der Waals surface area contributed by atoms with E-state index in [2.05, 4.69) is 15.0 Å². The zero-order valence-corrected chi connectivity index (χ0v) is 25.6. The van der Waals surface area contributed by atoms with Crippen LogP contribution >= 0.6 is 0 Å². The van der Waals surface area contributed by atoms with E-state index in [1.807, 2.05) is 80.5 Å². The number of rotatable bonds is 6. The van der Waals surface area contributed by atoms with Gasteiger partial charge in [0.25, 0.3) is 0 Å². The third-order valence-corrected chi connectivity index (χ3v) is 6.60. The molecule has 222 valence electrons. The van der Waals surface area contributed by atoms with Crippen LogP contribution in [0.15, 0.2) is 54.6 Å². The second-order valence-corrected chi connectivity index (χ2v) is 13.2. The number of benzene rings is 3. The summed E-state index contributed by atoms with van der Waals surface area (Å²) in [5.41, 5.74) is 0.975. The molecule has 0 radical (unpaired) electrons. The highest BCUT2D eigenvalue weighted by Crippen LogP contribution is 2.42. The molecule has 1 aromatic heterocycles. The Labute approximate surface area is 246 Å². The lowest BCUT2D eigenvalue weighted by atomic mass is 9.86. The highest BCUT2D eigenvalue weighted by molar-refractivity contribution is 5.51. The minimum Gasteiger partial charge on any atom is -0.504 e. The van der Waals surface area contributed by atoms with Gasteiger partial charge in [-0.3, -0.25) is 0 Å². The molecule has 0 aliphatic carbocycles. The van der Waals surface area contributed by atoms with Crippen LogP contribution in [0.3, 0.4) is 0 Å². The van der Waals surface area contributed by atoms with Crippen LogP contribution in [0.1, 0.15) is 79.0 Å². The van der Waals surface area contributed by atoms with Gasteiger partial charge in [-0.2, -0.15) is 0 Å². The van der Waals surface area contributed by atoms with Gasteiger partial charge >= 0.3 is 18.0 Å². The van der Waals surface area contributed by atoms with Crippen LogP contribution in [0.5, 0.6) is 52.5 Å². The summed E-state index contributed by atoms with van der Waals surface area (Å²) < 4.78 is 17.8. The number of phenolic OH excluding ortho intramolecular Hbond substituents is 3. The molecule has 0 saturated heterocycles. The van der Waals surface area contributed by atoms with E-state index in [-0.39, 0.29) is 68.8 Å². The maximum atomic E-state index is 11.0. The van der Waals surface area contributed by atoms with Gasteiger partial charge in [-0.25, -0.2) is 0 Å². The van der Waals surface area contributed by atoms with Gasteiger partial charge in [-0.1, -0.05) is 98.7 Å². The second kappa shape index (κ2) is 11.0. The largest absolute Gasteiger partial charge is 0.504 e. The number of nitrogens with zero attached hydrogens (tertiary/aromatic N) is 3. The molecule has 3 N–H and O–H groups in total. The summed E-state index contributed by atoms with van der Waals surface area (Å²) in [5.74, 6) is 0.214. The predicted octanol–water partition coefficient (Wildman–Crippen LogP) is 8.26. The molecular weight excluding hydrogens is 534 g/mol. The van der Waals surface area contributed by atoms with Gasteiger partial charge in [0.05, 0.1) is 0 Å². The smallest absolute Gasteiger partial charge is 0.331 e. The van der Waals surface area contributed by atoms with Crippen molar-refractivity contribution < 1.29 is 29.5 Å². The summed E-state index contributed by atoms with van der Waals surface area (Å²) in [6.07, 6.45) is 0. The summed E-state index contributed by atoms with van der Waals surface area (Å²) in [6.45, 7) is 17.8. The highest BCUT2D eigenvalue weighted by Gasteiger charge is 2.25. The molecule has 4 aromatic rings. The lowest BCUT2D eigenvalue weighted by molar-refractivity contribution is 0.332. The molecule has 0 aliphatic rings. The molecular formula is C33H39N3O6. The molecule has 0 aliphatic heterocycles. The summed E-state index contributed by atoms with van der Waals surface area (Å²) in [5, 5.41) is 32.9. The number of phenols is 3. The second-order valence-electron chi connectivity index (χ2n) is 13.2. The number of para-hydroxylation sites is 3. The van der Waals surface area contributed by atoms with Gasteiger partial charge in [0.15, 0.2) is 34.5 Å². The molecule has 0 fully saturated rings. The number of hydrogen-bond donors (Lipinski definition) is 3. The minimum absolute atomic E-state index is 0.0543. The Morgan fingerprint density at radius 1 is 0.429 bits per heavy atom. The number of ether oxygens (including phenoxy) is 3. The van der Waals surface area contributed by atoms with E-state index in [4.69, 9.17) is 14.2 Å². The van der Waals surface area contributed by atoms with Crippen molar-refractivity contribution >= 4 is 0 Å². The van der Waals surface area contributed by atoms with E-state index in [0.29, 0.717) is 16.7 Å². The molecule has 3 aromatic carbocycles.